The Labute approximate surface area is 130 Å². The van der Waals surface area contributed by atoms with Gasteiger partial charge in [0.25, 0.3) is 0 Å². The van der Waals surface area contributed by atoms with E-state index in [0.29, 0.717) is 0 Å². The largest absolute Gasteiger partial charge is 0.151 e. The van der Waals surface area contributed by atoms with E-state index >= 15 is 0 Å². The van der Waals surface area contributed by atoms with Crippen molar-refractivity contribution in [1.82, 2.24) is 10.2 Å². The Morgan fingerprint density at radius 1 is 0.455 bits per heavy atom. The molecule has 0 unspecified atom stereocenters. The molecule has 0 aliphatic carbocycles. The van der Waals surface area contributed by atoms with Gasteiger partial charge in [0.05, 0.1) is 11.4 Å². The summed E-state index contributed by atoms with van der Waals surface area (Å²) < 4.78 is 0. The van der Waals surface area contributed by atoms with Crippen LogP contribution in [0.2, 0.25) is 0 Å². The molecule has 0 aliphatic heterocycles. The van der Waals surface area contributed by atoms with Crippen LogP contribution in [0.1, 0.15) is 22.5 Å². The average molecular weight is 284 g/mol. The van der Waals surface area contributed by atoms with Crippen molar-refractivity contribution in [1.29, 1.82) is 0 Å². The van der Waals surface area contributed by atoms with Crippen molar-refractivity contribution in [3.05, 3.63) is 95.3 Å². The summed E-state index contributed by atoms with van der Waals surface area (Å²) in [5.41, 5.74) is 4.00. The maximum atomic E-state index is 4.22. The second-order valence-electron chi connectivity index (χ2n) is 4.87. The molecule has 0 atom stereocenters. The van der Waals surface area contributed by atoms with Crippen LogP contribution in [0.15, 0.2) is 72.8 Å². The standard InChI is InChI=1S/C20H16N2/c1-3-7-17(8-4-1)11-13-19-15-16-20(22-21-19)14-12-18-9-5-2-6-10-18/h1-16H. The quantitative estimate of drug-likeness (QED) is 0.686. The maximum absolute atomic E-state index is 4.22. The molecule has 3 aromatic rings. The maximum Gasteiger partial charge on any atom is 0.0858 e. The van der Waals surface area contributed by atoms with Crippen LogP contribution in [0.4, 0.5) is 0 Å². The van der Waals surface area contributed by atoms with E-state index in [9.17, 15) is 0 Å². The third-order valence-corrected chi connectivity index (χ3v) is 3.20. The Bertz CT molecular complexity index is 689. The lowest BCUT2D eigenvalue weighted by Crippen LogP contribution is -1.88. The second-order valence-corrected chi connectivity index (χ2v) is 4.87. The predicted octanol–water partition coefficient (Wildman–Crippen LogP) is 4.82. The molecule has 0 saturated carbocycles. The van der Waals surface area contributed by atoms with Crippen LogP contribution in [0, 0.1) is 0 Å². The van der Waals surface area contributed by atoms with Crippen LogP contribution in [0.3, 0.4) is 0 Å². The number of benzene rings is 2. The fourth-order valence-electron chi connectivity index (χ4n) is 2.02. The number of rotatable bonds is 4. The average Bonchev–Trinajstić information content (AvgIpc) is 2.61. The zero-order valence-electron chi connectivity index (χ0n) is 12.1. The highest BCUT2D eigenvalue weighted by Gasteiger charge is 1.92. The number of nitrogens with zero attached hydrogens (tertiary/aromatic N) is 2. The van der Waals surface area contributed by atoms with Gasteiger partial charge in [0.15, 0.2) is 0 Å². The Kier molecular flexibility index (Phi) is 4.53. The van der Waals surface area contributed by atoms with Gasteiger partial charge in [-0.25, -0.2) is 0 Å². The highest BCUT2D eigenvalue weighted by Crippen LogP contribution is 2.08. The molecule has 2 heteroatoms. The summed E-state index contributed by atoms with van der Waals surface area (Å²) in [6.45, 7) is 0. The van der Waals surface area contributed by atoms with E-state index in [4.69, 9.17) is 0 Å². The van der Waals surface area contributed by atoms with Crippen molar-refractivity contribution >= 4 is 24.3 Å². The molecule has 0 fully saturated rings. The summed E-state index contributed by atoms with van der Waals surface area (Å²) >= 11 is 0. The minimum atomic E-state index is 0.848. The Morgan fingerprint density at radius 3 is 1.23 bits per heavy atom. The fraction of sp³-hybridized carbons (Fsp3) is 0. The van der Waals surface area contributed by atoms with Gasteiger partial charge in [-0.2, -0.15) is 10.2 Å². The normalized spacial score (nSPS) is 11.3. The lowest BCUT2D eigenvalue weighted by molar-refractivity contribution is 1.01. The van der Waals surface area contributed by atoms with Crippen LogP contribution < -0.4 is 0 Å². The summed E-state index contributed by atoms with van der Waals surface area (Å²) in [6.07, 6.45) is 7.99. The zero-order chi connectivity index (χ0) is 15.0. The van der Waals surface area contributed by atoms with E-state index in [0.717, 1.165) is 22.5 Å². The first-order valence-electron chi connectivity index (χ1n) is 7.20. The van der Waals surface area contributed by atoms with Crippen LogP contribution >= 0.6 is 0 Å². The molecule has 0 radical (unpaired) electrons. The zero-order valence-corrected chi connectivity index (χ0v) is 12.1. The van der Waals surface area contributed by atoms with Gasteiger partial charge in [0.2, 0.25) is 0 Å². The molecule has 0 saturated heterocycles. The molecule has 1 aromatic heterocycles. The molecule has 106 valence electrons. The first-order valence-corrected chi connectivity index (χ1v) is 7.20. The smallest absolute Gasteiger partial charge is 0.0858 e. The van der Waals surface area contributed by atoms with Crippen molar-refractivity contribution in [2.45, 2.75) is 0 Å². The molecule has 0 N–H and O–H groups in total. The third-order valence-electron chi connectivity index (χ3n) is 3.20. The van der Waals surface area contributed by atoms with Gasteiger partial charge >= 0.3 is 0 Å². The SMILES string of the molecule is C(=Cc1ccc(C=Cc2ccccc2)nn1)c1ccccc1. The molecule has 2 aromatic carbocycles. The Hall–Kier alpha value is -3.00. The Morgan fingerprint density at radius 2 is 0.864 bits per heavy atom. The lowest BCUT2D eigenvalue weighted by Gasteiger charge is -1.95. The summed E-state index contributed by atoms with van der Waals surface area (Å²) in [7, 11) is 0. The number of aromatic nitrogens is 2. The van der Waals surface area contributed by atoms with Crippen molar-refractivity contribution in [3.8, 4) is 0 Å². The van der Waals surface area contributed by atoms with Crippen LogP contribution in [0.5, 0.6) is 0 Å². The first kappa shape index (κ1) is 14.0. The molecule has 0 amide bonds. The van der Waals surface area contributed by atoms with Gasteiger partial charge in [0.1, 0.15) is 0 Å². The van der Waals surface area contributed by atoms with Crippen molar-refractivity contribution < 1.29 is 0 Å². The van der Waals surface area contributed by atoms with Gasteiger partial charge < -0.3 is 0 Å². The molecular weight excluding hydrogens is 268 g/mol. The van der Waals surface area contributed by atoms with Gasteiger partial charge in [-0.3, -0.25) is 0 Å². The Balaban J connectivity index is 1.68. The van der Waals surface area contributed by atoms with Crippen LogP contribution in [0.25, 0.3) is 24.3 Å². The van der Waals surface area contributed by atoms with E-state index in [1.54, 1.807) is 0 Å². The molecular formula is C20H16N2. The summed E-state index contributed by atoms with van der Waals surface area (Å²) in [6, 6.07) is 24.2. The van der Waals surface area contributed by atoms with E-state index in [2.05, 4.69) is 34.5 Å². The third kappa shape index (κ3) is 4.00. The minimum Gasteiger partial charge on any atom is -0.151 e. The minimum absolute atomic E-state index is 0.848. The first-order chi connectivity index (χ1) is 10.9. The summed E-state index contributed by atoms with van der Waals surface area (Å²) in [5, 5.41) is 8.44. The van der Waals surface area contributed by atoms with E-state index in [1.807, 2.05) is 72.8 Å². The summed E-state index contributed by atoms with van der Waals surface area (Å²) in [5.74, 6) is 0. The highest BCUT2D eigenvalue weighted by molar-refractivity contribution is 5.70. The molecule has 1 heterocycles. The molecule has 0 bridgehead atoms. The topological polar surface area (TPSA) is 25.8 Å². The predicted molar refractivity (Wildman–Crippen MR) is 92.8 cm³/mol. The monoisotopic (exact) mass is 284 g/mol. The molecule has 2 nitrogen and oxygen atoms in total. The van der Waals surface area contributed by atoms with Gasteiger partial charge in [0, 0.05) is 0 Å². The lowest BCUT2D eigenvalue weighted by atomic mass is 10.2. The number of hydrogen-bond donors (Lipinski definition) is 0. The molecule has 3 rings (SSSR count). The van der Waals surface area contributed by atoms with Crippen LogP contribution in [-0.2, 0) is 0 Å². The van der Waals surface area contributed by atoms with Gasteiger partial charge in [-0.1, -0.05) is 72.8 Å². The van der Waals surface area contributed by atoms with Crippen molar-refractivity contribution in [2.24, 2.45) is 0 Å². The van der Waals surface area contributed by atoms with Gasteiger partial charge in [-0.15, -0.1) is 0 Å². The van der Waals surface area contributed by atoms with Crippen molar-refractivity contribution in [2.75, 3.05) is 0 Å². The molecule has 0 spiro atoms. The summed E-state index contributed by atoms with van der Waals surface area (Å²) in [4.78, 5) is 0. The van der Waals surface area contributed by atoms with E-state index < -0.39 is 0 Å². The molecule has 22 heavy (non-hydrogen) atoms. The fourth-order valence-corrected chi connectivity index (χ4v) is 2.02. The van der Waals surface area contributed by atoms with E-state index in [1.165, 1.54) is 0 Å². The van der Waals surface area contributed by atoms with Crippen molar-refractivity contribution in [3.63, 3.8) is 0 Å². The van der Waals surface area contributed by atoms with Crippen LogP contribution in [-0.4, -0.2) is 10.2 Å². The molecule has 0 aliphatic rings. The highest BCUT2D eigenvalue weighted by atomic mass is 15.1. The number of hydrogen-bond acceptors (Lipinski definition) is 2. The van der Waals surface area contributed by atoms with Gasteiger partial charge in [-0.05, 0) is 35.4 Å². The second kappa shape index (κ2) is 7.14. The van der Waals surface area contributed by atoms with E-state index in [-0.39, 0.29) is 0 Å².